The van der Waals surface area contributed by atoms with E-state index in [0.29, 0.717) is 0 Å². The topological polar surface area (TPSA) is 32.9 Å². The van der Waals surface area contributed by atoms with Crippen molar-refractivity contribution in [1.82, 2.24) is 18.3 Å². The molecule has 10 aromatic carbocycles. The molecule has 0 aliphatic carbocycles. The fourth-order valence-corrected chi connectivity index (χ4v) is 10.6. The Morgan fingerprint density at radius 3 is 1.49 bits per heavy atom. The molecule has 0 spiro atoms. The maximum Gasteiger partial charge on any atom is 0.137 e. The van der Waals surface area contributed by atoms with E-state index in [1.807, 2.05) is 12.1 Å². The molecule has 4 aromatic heterocycles. The van der Waals surface area contributed by atoms with Crippen LogP contribution < -0.4 is 0 Å². The van der Waals surface area contributed by atoms with Crippen LogP contribution in [0, 0.1) is 0 Å². The number of aromatic nitrogens is 4. The monoisotopic (exact) mass is 830 g/mol. The minimum Gasteiger partial charge on any atom is -0.456 e. The number of benzene rings is 10. The summed E-state index contributed by atoms with van der Waals surface area (Å²) in [5.41, 5.74) is 15.0. The van der Waals surface area contributed by atoms with E-state index in [4.69, 9.17) is 4.42 Å². The molecule has 0 N–H and O–H groups in total. The number of rotatable bonds is 4. The number of hydrogen-bond acceptors (Lipinski definition) is 1. The van der Waals surface area contributed by atoms with Crippen molar-refractivity contribution >= 4 is 98.4 Å². The molecule has 5 nitrogen and oxygen atoms in total. The van der Waals surface area contributed by atoms with Crippen LogP contribution >= 0.6 is 0 Å². The summed E-state index contributed by atoms with van der Waals surface area (Å²) in [5.74, 6) is 0. The van der Waals surface area contributed by atoms with Crippen molar-refractivity contribution in [2.24, 2.45) is 0 Å². The van der Waals surface area contributed by atoms with Crippen LogP contribution in [-0.2, 0) is 0 Å². The van der Waals surface area contributed by atoms with Gasteiger partial charge in [0.05, 0.1) is 27.8 Å². The average molecular weight is 831 g/mol. The zero-order valence-electron chi connectivity index (χ0n) is 35.1. The van der Waals surface area contributed by atoms with Gasteiger partial charge in [0.15, 0.2) is 0 Å². The van der Waals surface area contributed by atoms with Gasteiger partial charge in [-0.25, -0.2) is 0 Å². The molecule has 0 atom stereocenters. The molecule has 14 aromatic rings. The van der Waals surface area contributed by atoms with Gasteiger partial charge in [0.25, 0.3) is 0 Å². The lowest BCUT2D eigenvalue weighted by Gasteiger charge is -2.15. The van der Waals surface area contributed by atoms with Crippen molar-refractivity contribution in [3.8, 4) is 22.7 Å². The Bertz CT molecular complexity index is 4290. The maximum absolute atomic E-state index is 6.49. The van der Waals surface area contributed by atoms with E-state index in [1.54, 1.807) is 0 Å². The summed E-state index contributed by atoms with van der Waals surface area (Å²) in [6.07, 6.45) is 0. The molecule has 0 aliphatic rings. The minimum atomic E-state index is 0.861. The van der Waals surface area contributed by atoms with Crippen LogP contribution in [0.1, 0.15) is 0 Å². The summed E-state index contributed by atoms with van der Waals surface area (Å²) in [6.45, 7) is 0. The Labute approximate surface area is 372 Å². The molecule has 304 valence electrons. The van der Waals surface area contributed by atoms with Crippen molar-refractivity contribution < 1.29 is 4.42 Å². The minimum absolute atomic E-state index is 0.861. The van der Waals surface area contributed by atoms with Crippen LogP contribution in [0.5, 0.6) is 0 Å². The highest BCUT2D eigenvalue weighted by Crippen LogP contribution is 2.40. The third-order valence-corrected chi connectivity index (χ3v) is 13.4. The molecule has 0 amide bonds. The lowest BCUT2D eigenvalue weighted by molar-refractivity contribution is 0.668. The zero-order chi connectivity index (χ0) is 42.6. The van der Waals surface area contributed by atoms with Crippen molar-refractivity contribution in [2.45, 2.75) is 0 Å². The van der Waals surface area contributed by atoms with E-state index in [9.17, 15) is 0 Å². The highest BCUT2D eigenvalue weighted by Gasteiger charge is 2.19. The molecule has 0 aliphatic heterocycles. The lowest BCUT2D eigenvalue weighted by Crippen LogP contribution is -1.99. The van der Waals surface area contributed by atoms with Crippen molar-refractivity contribution in [3.05, 3.63) is 231 Å². The molecule has 0 saturated heterocycles. The molecule has 0 fully saturated rings. The van der Waals surface area contributed by atoms with Gasteiger partial charge in [-0.3, -0.25) is 0 Å². The molecule has 0 radical (unpaired) electrons. The number of para-hydroxylation sites is 4. The van der Waals surface area contributed by atoms with Crippen LogP contribution in [0.4, 0.5) is 0 Å². The van der Waals surface area contributed by atoms with Gasteiger partial charge in [-0.15, -0.1) is 0 Å². The Morgan fingerprint density at radius 2 is 0.785 bits per heavy atom. The first-order valence-corrected chi connectivity index (χ1v) is 22.2. The Kier molecular flexibility index (Phi) is 7.62. The fourth-order valence-electron chi connectivity index (χ4n) is 10.6. The van der Waals surface area contributed by atoms with Crippen molar-refractivity contribution in [2.75, 3.05) is 0 Å². The van der Waals surface area contributed by atoms with Crippen molar-refractivity contribution in [1.29, 1.82) is 0 Å². The van der Waals surface area contributed by atoms with Crippen LogP contribution in [0.3, 0.4) is 0 Å². The van der Waals surface area contributed by atoms with Gasteiger partial charge in [-0.05, 0) is 132 Å². The highest BCUT2D eigenvalue weighted by molar-refractivity contribution is 6.15. The number of hydrogen-bond donors (Lipinski definition) is 0. The van der Waals surface area contributed by atoms with E-state index in [0.717, 1.165) is 94.1 Å². The second-order valence-electron chi connectivity index (χ2n) is 17.0. The standard InChI is InChI=1S/C60H38N4O/c1-3-16-41(17-4-1)63-54-32-29-45-36-51(54)52-37-46(30-33-55(52)63)62(56-25-13-26-57-60(56)50-23-7-9-24-53(50)64(57)42-18-5-2-6-19-42)44-21-12-15-40(35-44)39-14-11-20-43(34-39)61(45)47-28-31-49-48-22-8-10-27-58(48)65-59(49)38-47/h1-38H. The van der Waals surface area contributed by atoms with Crippen LogP contribution in [0.15, 0.2) is 235 Å². The Balaban J connectivity index is 1.15. The third kappa shape index (κ3) is 5.39. The first kappa shape index (κ1) is 35.8. The summed E-state index contributed by atoms with van der Waals surface area (Å²) in [4.78, 5) is 0. The molecular formula is C60H38N4O. The Hall–Kier alpha value is -8.80. The number of fused-ring (bicyclic) bond motifs is 13. The molecule has 8 bridgehead atoms. The largest absolute Gasteiger partial charge is 0.456 e. The SMILES string of the molecule is c1ccc(-n2c3ccc4cc3c3cc(ccc32)n(-c2cccc3c2c2ccccc2n3-c2ccccc2)c2cccc(c2)c2cccc(c2)n4-c2ccc3c(c2)oc2ccccc23)cc1. The summed E-state index contributed by atoms with van der Waals surface area (Å²) in [6, 6.07) is 83.8. The number of nitrogens with zero attached hydrogens (tertiary/aromatic N) is 4. The van der Waals surface area contributed by atoms with Gasteiger partial charge in [-0.1, -0.05) is 103 Å². The quantitative estimate of drug-likeness (QED) is 0.174. The summed E-state index contributed by atoms with van der Waals surface area (Å²) in [7, 11) is 0. The van der Waals surface area contributed by atoms with E-state index in [2.05, 4.69) is 237 Å². The molecule has 0 saturated carbocycles. The van der Waals surface area contributed by atoms with Crippen LogP contribution in [0.2, 0.25) is 0 Å². The fraction of sp³-hybridized carbons (Fsp3) is 0. The predicted octanol–water partition coefficient (Wildman–Crippen LogP) is 15.9. The van der Waals surface area contributed by atoms with Crippen LogP contribution in [-0.4, -0.2) is 18.3 Å². The second kappa shape index (κ2) is 13.9. The van der Waals surface area contributed by atoms with Gasteiger partial charge in [0.2, 0.25) is 0 Å². The number of furan rings is 1. The first-order valence-electron chi connectivity index (χ1n) is 22.2. The molecule has 65 heavy (non-hydrogen) atoms. The summed E-state index contributed by atoms with van der Waals surface area (Å²) < 4.78 is 16.1. The third-order valence-electron chi connectivity index (χ3n) is 13.4. The smallest absolute Gasteiger partial charge is 0.137 e. The lowest BCUT2D eigenvalue weighted by atomic mass is 10.1. The normalized spacial score (nSPS) is 12.0. The van der Waals surface area contributed by atoms with E-state index in [-0.39, 0.29) is 0 Å². The van der Waals surface area contributed by atoms with Gasteiger partial charge in [-0.2, -0.15) is 0 Å². The van der Waals surface area contributed by atoms with Gasteiger partial charge in [0, 0.05) is 77.5 Å². The maximum atomic E-state index is 6.49. The van der Waals surface area contributed by atoms with E-state index in [1.165, 1.54) is 27.1 Å². The zero-order valence-corrected chi connectivity index (χ0v) is 35.1. The highest BCUT2D eigenvalue weighted by atomic mass is 16.3. The van der Waals surface area contributed by atoms with Gasteiger partial charge < -0.3 is 22.7 Å². The first-order chi connectivity index (χ1) is 32.2. The van der Waals surface area contributed by atoms with E-state index >= 15 is 0 Å². The van der Waals surface area contributed by atoms with Crippen LogP contribution in [0.25, 0.3) is 121 Å². The average Bonchev–Trinajstić information content (AvgIpc) is 4.02. The molecule has 14 rings (SSSR count). The molecule has 5 heteroatoms. The Morgan fingerprint density at radius 1 is 0.262 bits per heavy atom. The predicted molar refractivity (Wildman–Crippen MR) is 271 cm³/mol. The molecule has 4 heterocycles. The van der Waals surface area contributed by atoms with E-state index < -0.39 is 0 Å². The van der Waals surface area contributed by atoms with Gasteiger partial charge in [0.1, 0.15) is 11.2 Å². The summed E-state index contributed by atoms with van der Waals surface area (Å²) in [5, 5.41) is 9.23. The second-order valence-corrected chi connectivity index (χ2v) is 17.0. The molecular weight excluding hydrogens is 793 g/mol. The molecule has 0 unspecified atom stereocenters. The summed E-state index contributed by atoms with van der Waals surface area (Å²) >= 11 is 0. The van der Waals surface area contributed by atoms with Crippen molar-refractivity contribution in [3.63, 3.8) is 0 Å². The van der Waals surface area contributed by atoms with Gasteiger partial charge >= 0.3 is 0 Å².